The molecule has 0 bridgehead atoms. The normalized spacial score (nSPS) is 22.2. The van der Waals surface area contributed by atoms with Crippen molar-refractivity contribution in [2.75, 3.05) is 31.7 Å². The van der Waals surface area contributed by atoms with Crippen LogP contribution in [-0.2, 0) is 14.3 Å². The van der Waals surface area contributed by atoms with Crippen molar-refractivity contribution in [1.29, 1.82) is 0 Å². The Hall–Kier alpha value is -0.690. The minimum atomic E-state index is -4.05. The number of likely N-dealkylation sites (N-methyl/N-ethyl adjacent to an activating group) is 1. The van der Waals surface area contributed by atoms with Crippen LogP contribution in [0, 0.1) is 0 Å². The summed E-state index contributed by atoms with van der Waals surface area (Å²) in [5.41, 5.74) is 0. The van der Waals surface area contributed by atoms with Crippen molar-refractivity contribution in [3.05, 3.63) is 0 Å². The molecule has 1 aliphatic heterocycles. The molecule has 17 heavy (non-hydrogen) atoms. The number of nitrogens with zero attached hydrogens (tertiary/aromatic N) is 1. The predicted molar refractivity (Wildman–Crippen MR) is 60.3 cm³/mol. The molecule has 0 saturated carbocycles. The quantitative estimate of drug-likeness (QED) is 0.557. The van der Waals surface area contributed by atoms with Crippen molar-refractivity contribution in [3.8, 4) is 0 Å². The van der Waals surface area contributed by atoms with E-state index in [9.17, 15) is 18.4 Å². The van der Waals surface area contributed by atoms with Gasteiger partial charge < -0.3 is 4.74 Å². The third-order valence-electron chi connectivity index (χ3n) is 2.54. The topological polar surface area (TPSA) is 46.6 Å². The number of hydrogen-bond donors (Lipinski definition) is 0. The van der Waals surface area contributed by atoms with Gasteiger partial charge >= 0.3 is 11.9 Å². The molecule has 1 saturated heterocycles. The van der Waals surface area contributed by atoms with Crippen LogP contribution in [0.4, 0.5) is 8.78 Å². The van der Waals surface area contributed by atoms with E-state index in [0.717, 1.165) is 5.75 Å². The van der Waals surface area contributed by atoms with Gasteiger partial charge in [0, 0.05) is 18.1 Å². The van der Waals surface area contributed by atoms with Crippen LogP contribution in [-0.4, -0.2) is 60.3 Å². The first kappa shape index (κ1) is 14.4. The molecule has 0 aromatic carbocycles. The summed E-state index contributed by atoms with van der Waals surface area (Å²) >= 11 is 1.43. The van der Waals surface area contributed by atoms with Gasteiger partial charge in [-0.15, -0.1) is 0 Å². The fourth-order valence-electron chi connectivity index (χ4n) is 1.49. The molecule has 0 aliphatic carbocycles. The highest BCUT2D eigenvalue weighted by Gasteiger charge is 2.52. The number of ether oxygens (including phenoxy) is 1. The Kier molecular flexibility index (Phi) is 4.88. The maximum absolute atomic E-state index is 13.5. The van der Waals surface area contributed by atoms with Crippen molar-refractivity contribution in [2.24, 2.45) is 0 Å². The highest BCUT2D eigenvalue weighted by molar-refractivity contribution is 7.99. The summed E-state index contributed by atoms with van der Waals surface area (Å²) in [6.45, 7) is 1.80. The van der Waals surface area contributed by atoms with E-state index in [4.69, 9.17) is 0 Å². The molecule has 0 radical (unpaired) electrons. The molecule has 0 aromatic heterocycles. The van der Waals surface area contributed by atoms with Gasteiger partial charge in [0.05, 0.1) is 12.6 Å². The number of halogens is 2. The van der Waals surface area contributed by atoms with E-state index in [-0.39, 0.29) is 12.4 Å². The third kappa shape index (κ3) is 3.16. The van der Waals surface area contributed by atoms with Crippen LogP contribution in [0.3, 0.4) is 0 Å². The fourth-order valence-corrected chi connectivity index (χ4v) is 2.71. The molecule has 1 atom stereocenters. The lowest BCUT2D eigenvalue weighted by Gasteiger charge is -2.32. The lowest BCUT2D eigenvalue weighted by molar-refractivity contribution is -0.178. The molecule has 1 heterocycles. The molecule has 1 unspecified atom stereocenters. The van der Waals surface area contributed by atoms with Crippen LogP contribution >= 0.6 is 11.8 Å². The van der Waals surface area contributed by atoms with Gasteiger partial charge in [-0.05, 0) is 14.0 Å². The van der Waals surface area contributed by atoms with Gasteiger partial charge in [0.15, 0.2) is 0 Å². The average molecular weight is 267 g/mol. The van der Waals surface area contributed by atoms with E-state index < -0.39 is 23.7 Å². The minimum Gasteiger partial charge on any atom is -0.461 e. The Morgan fingerprint density at radius 1 is 1.53 bits per heavy atom. The summed E-state index contributed by atoms with van der Waals surface area (Å²) in [4.78, 5) is 24.2. The summed E-state index contributed by atoms with van der Waals surface area (Å²) in [6, 6.07) is -0.923. The van der Waals surface area contributed by atoms with Crippen LogP contribution in [0.15, 0.2) is 0 Å². The molecule has 0 amide bonds. The second-order valence-corrected chi connectivity index (χ2v) is 4.88. The van der Waals surface area contributed by atoms with Gasteiger partial charge in [0.2, 0.25) is 5.78 Å². The van der Waals surface area contributed by atoms with Gasteiger partial charge in [0.1, 0.15) is 0 Å². The largest absolute Gasteiger partial charge is 0.461 e. The highest BCUT2D eigenvalue weighted by atomic mass is 32.2. The van der Waals surface area contributed by atoms with Crippen LogP contribution < -0.4 is 0 Å². The van der Waals surface area contributed by atoms with E-state index in [1.807, 2.05) is 0 Å². The first-order chi connectivity index (χ1) is 7.91. The van der Waals surface area contributed by atoms with Crippen LogP contribution in [0.1, 0.15) is 6.92 Å². The van der Waals surface area contributed by atoms with E-state index in [0.29, 0.717) is 6.54 Å². The predicted octanol–water partition coefficient (Wildman–Crippen LogP) is 0.801. The Balaban J connectivity index is 2.76. The maximum Gasteiger partial charge on any atom is 0.401 e. The van der Waals surface area contributed by atoms with Crippen molar-refractivity contribution >= 4 is 23.5 Å². The van der Waals surface area contributed by atoms with E-state index in [1.54, 1.807) is 11.9 Å². The zero-order valence-corrected chi connectivity index (χ0v) is 10.6. The second-order valence-electron chi connectivity index (χ2n) is 3.73. The molecule has 1 rings (SSSR count). The van der Waals surface area contributed by atoms with Crippen LogP contribution in [0.25, 0.3) is 0 Å². The van der Waals surface area contributed by atoms with E-state index in [2.05, 4.69) is 4.74 Å². The van der Waals surface area contributed by atoms with Crippen molar-refractivity contribution in [3.63, 3.8) is 0 Å². The van der Waals surface area contributed by atoms with Crippen molar-refractivity contribution in [1.82, 2.24) is 4.90 Å². The Labute approximate surface area is 103 Å². The zero-order chi connectivity index (χ0) is 13.1. The highest BCUT2D eigenvalue weighted by Crippen LogP contribution is 2.25. The summed E-state index contributed by atoms with van der Waals surface area (Å²) < 4.78 is 31.2. The molecule has 98 valence electrons. The van der Waals surface area contributed by atoms with Gasteiger partial charge in [0.25, 0.3) is 0 Å². The molecule has 1 aliphatic rings. The van der Waals surface area contributed by atoms with Crippen LogP contribution in [0.5, 0.6) is 0 Å². The molecular formula is C10H15F2NO3S. The fraction of sp³-hybridized carbons (Fsp3) is 0.800. The maximum atomic E-state index is 13.5. The second kappa shape index (κ2) is 5.77. The van der Waals surface area contributed by atoms with Gasteiger partial charge in [-0.1, -0.05) is 0 Å². The van der Waals surface area contributed by atoms with E-state index >= 15 is 0 Å². The number of thioether (sulfide) groups is 1. The summed E-state index contributed by atoms with van der Waals surface area (Å²) in [7, 11) is 1.60. The molecule has 4 nitrogen and oxygen atoms in total. The van der Waals surface area contributed by atoms with Crippen molar-refractivity contribution < 1.29 is 23.1 Å². The average Bonchev–Trinajstić information content (AvgIpc) is 2.29. The SMILES string of the molecule is CCOC(=O)C(F)(F)C(=O)C1CSCCN1C. The summed E-state index contributed by atoms with van der Waals surface area (Å²) in [5, 5.41) is 0. The van der Waals surface area contributed by atoms with E-state index in [1.165, 1.54) is 18.7 Å². The van der Waals surface area contributed by atoms with Crippen LogP contribution in [0.2, 0.25) is 0 Å². The number of esters is 1. The smallest absolute Gasteiger partial charge is 0.401 e. The standard InChI is InChI=1S/C10H15F2NO3S/c1-3-16-9(15)10(11,12)8(14)7-6-17-5-4-13(7)2/h7H,3-6H2,1-2H3. The van der Waals surface area contributed by atoms with Gasteiger partial charge in [-0.3, -0.25) is 9.69 Å². The summed E-state index contributed by atoms with van der Waals surface area (Å²) in [6.07, 6.45) is 0. The zero-order valence-electron chi connectivity index (χ0n) is 9.74. The Bertz CT molecular complexity index is 312. The van der Waals surface area contributed by atoms with Crippen molar-refractivity contribution in [2.45, 2.75) is 18.9 Å². The molecule has 0 spiro atoms. The van der Waals surface area contributed by atoms with Gasteiger partial charge in [-0.25, -0.2) is 4.79 Å². The summed E-state index contributed by atoms with van der Waals surface area (Å²) in [5.74, 6) is -6.10. The number of carbonyl (C=O) groups is 2. The molecule has 1 fully saturated rings. The first-order valence-electron chi connectivity index (χ1n) is 5.28. The number of rotatable bonds is 4. The molecule has 0 aromatic rings. The Morgan fingerprint density at radius 3 is 2.71 bits per heavy atom. The number of carbonyl (C=O) groups excluding carboxylic acids is 2. The Morgan fingerprint density at radius 2 is 2.18 bits per heavy atom. The monoisotopic (exact) mass is 267 g/mol. The first-order valence-corrected chi connectivity index (χ1v) is 6.44. The lowest BCUT2D eigenvalue weighted by Crippen LogP contribution is -2.54. The molecule has 7 heteroatoms. The number of ketones is 1. The molecular weight excluding hydrogens is 252 g/mol. The molecule has 0 N–H and O–H groups in total. The number of Topliss-reactive ketones (excluding diaryl/α,β-unsaturated/α-hetero) is 1. The number of hydrogen-bond acceptors (Lipinski definition) is 5. The minimum absolute atomic E-state index is 0.170. The number of alkyl halides is 2. The lowest BCUT2D eigenvalue weighted by atomic mass is 10.1. The van der Waals surface area contributed by atoms with Gasteiger partial charge in [-0.2, -0.15) is 20.5 Å². The third-order valence-corrected chi connectivity index (χ3v) is 3.56.